The van der Waals surface area contributed by atoms with Gasteiger partial charge in [0.05, 0.1) is 18.8 Å². The SMILES string of the molecule is CCn1cnnc1CNC1CC(C)OC(C)C1. The van der Waals surface area contributed by atoms with Gasteiger partial charge in [0.25, 0.3) is 0 Å². The molecule has 1 aliphatic rings. The van der Waals surface area contributed by atoms with Crippen LogP contribution in [0.1, 0.15) is 39.4 Å². The fourth-order valence-electron chi connectivity index (χ4n) is 2.49. The summed E-state index contributed by atoms with van der Waals surface area (Å²) >= 11 is 0. The van der Waals surface area contributed by atoms with Crippen molar-refractivity contribution in [3.8, 4) is 0 Å². The van der Waals surface area contributed by atoms with Crippen LogP contribution in [0, 0.1) is 0 Å². The Hall–Kier alpha value is -0.940. The molecule has 1 aliphatic heterocycles. The Morgan fingerprint density at radius 3 is 2.76 bits per heavy atom. The van der Waals surface area contributed by atoms with Crippen LogP contribution in [-0.4, -0.2) is 33.0 Å². The van der Waals surface area contributed by atoms with E-state index in [0.717, 1.165) is 31.8 Å². The van der Waals surface area contributed by atoms with E-state index in [-0.39, 0.29) is 0 Å². The third-order valence-corrected chi connectivity index (χ3v) is 3.28. The number of rotatable bonds is 4. The smallest absolute Gasteiger partial charge is 0.146 e. The maximum atomic E-state index is 5.73. The van der Waals surface area contributed by atoms with Gasteiger partial charge >= 0.3 is 0 Å². The summed E-state index contributed by atoms with van der Waals surface area (Å²) in [5.74, 6) is 1.01. The highest BCUT2D eigenvalue weighted by Crippen LogP contribution is 2.19. The van der Waals surface area contributed by atoms with Crippen LogP contribution in [0.15, 0.2) is 6.33 Å². The molecule has 1 aromatic rings. The van der Waals surface area contributed by atoms with Crippen LogP contribution in [0.4, 0.5) is 0 Å². The summed E-state index contributed by atoms with van der Waals surface area (Å²) in [6.45, 7) is 8.09. The standard InChI is InChI=1S/C12H22N4O/c1-4-16-8-14-15-12(16)7-13-11-5-9(2)17-10(3)6-11/h8-11,13H,4-7H2,1-3H3. The lowest BCUT2D eigenvalue weighted by Gasteiger charge is -2.32. The van der Waals surface area contributed by atoms with Crippen molar-refractivity contribution >= 4 is 0 Å². The van der Waals surface area contributed by atoms with Crippen molar-refractivity contribution in [1.82, 2.24) is 20.1 Å². The maximum absolute atomic E-state index is 5.73. The molecule has 0 aromatic carbocycles. The Morgan fingerprint density at radius 1 is 1.41 bits per heavy atom. The summed E-state index contributed by atoms with van der Waals surface area (Å²) in [4.78, 5) is 0. The van der Waals surface area contributed by atoms with E-state index in [1.165, 1.54) is 0 Å². The lowest BCUT2D eigenvalue weighted by Crippen LogP contribution is -2.41. The Morgan fingerprint density at radius 2 is 2.12 bits per heavy atom. The van der Waals surface area contributed by atoms with E-state index in [9.17, 15) is 0 Å². The Kier molecular flexibility index (Phi) is 4.12. The molecule has 0 saturated carbocycles. The largest absolute Gasteiger partial charge is 0.375 e. The van der Waals surface area contributed by atoms with Crippen LogP contribution >= 0.6 is 0 Å². The summed E-state index contributed by atoms with van der Waals surface area (Å²) in [6.07, 6.45) is 4.63. The monoisotopic (exact) mass is 238 g/mol. The van der Waals surface area contributed by atoms with Gasteiger partial charge in [-0.2, -0.15) is 0 Å². The zero-order valence-corrected chi connectivity index (χ0v) is 10.9. The number of ether oxygens (including phenoxy) is 1. The topological polar surface area (TPSA) is 52.0 Å². The predicted molar refractivity (Wildman–Crippen MR) is 65.6 cm³/mol. The molecule has 1 aromatic heterocycles. The molecule has 0 bridgehead atoms. The van der Waals surface area contributed by atoms with E-state index in [1.807, 2.05) is 0 Å². The van der Waals surface area contributed by atoms with Crippen molar-refractivity contribution < 1.29 is 4.74 Å². The average Bonchev–Trinajstić information content (AvgIpc) is 2.72. The van der Waals surface area contributed by atoms with Crippen LogP contribution in [0.25, 0.3) is 0 Å². The zero-order chi connectivity index (χ0) is 12.3. The fourth-order valence-corrected chi connectivity index (χ4v) is 2.49. The Bertz CT molecular complexity index is 342. The van der Waals surface area contributed by atoms with E-state index in [4.69, 9.17) is 4.74 Å². The summed E-state index contributed by atoms with van der Waals surface area (Å²) in [5.41, 5.74) is 0. The van der Waals surface area contributed by atoms with Gasteiger partial charge in [0.1, 0.15) is 12.2 Å². The Labute approximate surface area is 103 Å². The van der Waals surface area contributed by atoms with Crippen LogP contribution in [0.5, 0.6) is 0 Å². The molecule has 0 radical (unpaired) electrons. The average molecular weight is 238 g/mol. The lowest BCUT2D eigenvalue weighted by molar-refractivity contribution is -0.0424. The van der Waals surface area contributed by atoms with Gasteiger partial charge in [-0.15, -0.1) is 10.2 Å². The molecule has 17 heavy (non-hydrogen) atoms. The normalized spacial score (nSPS) is 29.5. The molecule has 2 rings (SSSR count). The second kappa shape index (κ2) is 5.60. The van der Waals surface area contributed by atoms with Gasteiger partial charge in [0, 0.05) is 12.6 Å². The van der Waals surface area contributed by atoms with Gasteiger partial charge in [-0.1, -0.05) is 0 Å². The Balaban J connectivity index is 1.85. The van der Waals surface area contributed by atoms with Crippen LogP contribution in [0.2, 0.25) is 0 Å². The van der Waals surface area contributed by atoms with E-state index in [2.05, 4.69) is 40.9 Å². The molecule has 2 atom stereocenters. The molecule has 0 spiro atoms. The van der Waals surface area contributed by atoms with Crippen molar-refractivity contribution in [3.05, 3.63) is 12.2 Å². The first-order chi connectivity index (χ1) is 8.19. The molecule has 1 N–H and O–H groups in total. The second-order valence-electron chi connectivity index (χ2n) is 4.84. The van der Waals surface area contributed by atoms with E-state index in [0.29, 0.717) is 18.2 Å². The van der Waals surface area contributed by atoms with Gasteiger partial charge < -0.3 is 14.6 Å². The minimum Gasteiger partial charge on any atom is -0.375 e. The summed E-state index contributed by atoms with van der Waals surface area (Å²) in [7, 11) is 0. The molecule has 5 heteroatoms. The highest BCUT2D eigenvalue weighted by atomic mass is 16.5. The van der Waals surface area contributed by atoms with Crippen molar-refractivity contribution in [3.63, 3.8) is 0 Å². The van der Waals surface area contributed by atoms with Crippen LogP contribution < -0.4 is 5.32 Å². The number of nitrogens with one attached hydrogen (secondary N) is 1. The molecule has 2 unspecified atom stereocenters. The second-order valence-corrected chi connectivity index (χ2v) is 4.84. The van der Waals surface area contributed by atoms with Gasteiger partial charge in [-0.3, -0.25) is 0 Å². The highest BCUT2D eigenvalue weighted by Gasteiger charge is 2.24. The number of hydrogen-bond acceptors (Lipinski definition) is 4. The molecular weight excluding hydrogens is 216 g/mol. The quantitative estimate of drug-likeness (QED) is 0.860. The molecule has 1 fully saturated rings. The van der Waals surface area contributed by atoms with Crippen molar-refractivity contribution in [2.24, 2.45) is 0 Å². The number of hydrogen-bond donors (Lipinski definition) is 1. The van der Waals surface area contributed by atoms with Gasteiger partial charge in [0.15, 0.2) is 0 Å². The highest BCUT2D eigenvalue weighted by molar-refractivity contribution is 4.87. The molecule has 5 nitrogen and oxygen atoms in total. The maximum Gasteiger partial charge on any atom is 0.146 e. The molecule has 2 heterocycles. The minimum absolute atomic E-state index is 0.347. The first-order valence-electron chi connectivity index (χ1n) is 6.44. The number of nitrogens with zero attached hydrogens (tertiary/aromatic N) is 3. The van der Waals surface area contributed by atoms with Crippen molar-refractivity contribution in [2.75, 3.05) is 0 Å². The van der Waals surface area contributed by atoms with Crippen molar-refractivity contribution in [1.29, 1.82) is 0 Å². The number of aromatic nitrogens is 3. The summed E-state index contributed by atoms with van der Waals surface area (Å²) < 4.78 is 7.79. The van der Waals surface area contributed by atoms with Gasteiger partial charge in [-0.25, -0.2) is 0 Å². The molecule has 0 amide bonds. The summed E-state index contributed by atoms with van der Waals surface area (Å²) in [6, 6.07) is 0.524. The predicted octanol–water partition coefficient (Wildman–Crippen LogP) is 1.34. The van der Waals surface area contributed by atoms with E-state index < -0.39 is 0 Å². The minimum atomic E-state index is 0.347. The van der Waals surface area contributed by atoms with E-state index >= 15 is 0 Å². The number of aryl methyl sites for hydroxylation is 1. The third kappa shape index (κ3) is 3.26. The van der Waals surface area contributed by atoms with Crippen molar-refractivity contribution in [2.45, 2.75) is 65.0 Å². The zero-order valence-electron chi connectivity index (χ0n) is 10.9. The van der Waals surface area contributed by atoms with Gasteiger partial charge in [-0.05, 0) is 33.6 Å². The first-order valence-corrected chi connectivity index (χ1v) is 6.44. The molecule has 1 saturated heterocycles. The third-order valence-electron chi connectivity index (χ3n) is 3.28. The first kappa shape index (κ1) is 12.5. The fraction of sp³-hybridized carbons (Fsp3) is 0.833. The summed E-state index contributed by atoms with van der Waals surface area (Å²) in [5, 5.41) is 11.6. The lowest BCUT2D eigenvalue weighted by atomic mass is 10.00. The van der Waals surface area contributed by atoms with Crippen LogP contribution in [0.3, 0.4) is 0 Å². The van der Waals surface area contributed by atoms with Gasteiger partial charge in [0.2, 0.25) is 0 Å². The van der Waals surface area contributed by atoms with E-state index in [1.54, 1.807) is 6.33 Å². The molecule has 96 valence electrons. The molecule has 0 aliphatic carbocycles. The molecular formula is C12H22N4O. The van der Waals surface area contributed by atoms with Crippen LogP contribution in [-0.2, 0) is 17.8 Å².